The summed E-state index contributed by atoms with van der Waals surface area (Å²) in [5.74, 6) is -0.404. The maximum atomic E-state index is 12.3. The van der Waals surface area contributed by atoms with Crippen molar-refractivity contribution in [1.82, 2.24) is 0 Å². The summed E-state index contributed by atoms with van der Waals surface area (Å²) in [6, 6.07) is 5.81. The van der Waals surface area contributed by atoms with Crippen LogP contribution in [0.3, 0.4) is 0 Å². The van der Waals surface area contributed by atoms with Gasteiger partial charge in [-0.25, -0.2) is 4.79 Å². The number of aromatic hydroxyl groups is 1. The lowest BCUT2D eigenvalue weighted by Crippen LogP contribution is -2.16. The van der Waals surface area contributed by atoms with Crippen LogP contribution in [-0.4, -0.2) is 23.0 Å². The zero-order chi connectivity index (χ0) is 15.9. The second-order valence-corrected chi connectivity index (χ2v) is 5.61. The van der Waals surface area contributed by atoms with E-state index in [4.69, 9.17) is 4.74 Å². The van der Waals surface area contributed by atoms with Crippen LogP contribution in [0.2, 0.25) is 0 Å². The predicted octanol–water partition coefficient (Wildman–Crippen LogP) is 3.67. The highest BCUT2D eigenvalue weighted by atomic mass is 16.5. The van der Waals surface area contributed by atoms with Gasteiger partial charge in [0.25, 0.3) is 0 Å². The Kier molecular flexibility index (Phi) is 5.75. The van der Waals surface area contributed by atoms with E-state index in [0.717, 1.165) is 12.8 Å². The molecule has 0 aromatic heterocycles. The summed E-state index contributed by atoms with van der Waals surface area (Å²) in [6.45, 7) is 1.80. The Hall–Kier alpha value is -2.10. The van der Waals surface area contributed by atoms with Crippen molar-refractivity contribution >= 4 is 17.8 Å². The standard InChI is InChI=1S/C18H21O4/c1-13-7-5-11-15(19)10-4-2-3-8-14-9-6-12-16(20)17(14)18(21)22-13/h3,8-9,12-13,20H,2,4-5,7,10-11H2,1H3/b8-3+/t13-/m0/s1. The minimum atomic E-state index is -0.540. The molecule has 117 valence electrons. The number of phenols is 1. The molecule has 22 heavy (non-hydrogen) atoms. The molecule has 0 unspecified atom stereocenters. The Morgan fingerprint density at radius 3 is 2.82 bits per heavy atom. The molecular weight excluding hydrogens is 280 g/mol. The van der Waals surface area contributed by atoms with E-state index in [1.165, 1.54) is 6.07 Å². The summed E-state index contributed by atoms with van der Waals surface area (Å²) in [6.07, 6.45) is 7.41. The molecule has 4 heteroatoms. The molecule has 1 radical (unpaired) electrons. The highest BCUT2D eigenvalue weighted by molar-refractivity contribution is 5.96. The Morgan fingerprint density at radius 2 is 2.00 bits per heavy atom. The average molecular weight is 301 g/mol. The first-order chi connectivity index (χ1) is 10.6. The second-order valence-electron chi connectivity index (χ2n) is 5.61. The van der Waals surface area contributed by atoms with E-state index in [-0.39, 0.29) is 23.2 Å². The molecule has 2 rings (SSSR count). The van der Waals surface area contributed by atoms with Gasteiger partial charge in [0.2, 0.25) is 0 Å². The molecule has 1 heterocycles. The van der Waals surface area contributed by atoms with E-state index in [2.05, 4.69) is 6.07 Å². The fourth-order valence-electron chi connectivity index (χ4n) is 2.50. The number of ketones is 1. The molecule has 0 spiro atoms. The quantitative estimate of drug-likeness (QED) is 0.743. The number of hydrogen-bond acceptors (Lipinski definition) is 4. The molecule has 1 aliphatic heterocycles. The smallest absolute Gasteiger partial charge is 0.342 e. The number of ether oxygens (including phenoxy) is 1. The molecule has 1 aliphatic rings. The van der Waals surface area contributed by atoms with E-state index in [1.807, 2.05) is 6.08 Å². The summed E-state index contributed by atoms with van der Waals surface area (Å²) < 4.78 is 5.38. The van der Waals surface area contributed by atoms with Crippen LogP contribution in [0, 0.1) is 6.07 Å². The molecule has 1 aromatic carbocycles. The molecule has 0 saturated carbocycles. The summed E-state index contributed by atoms with van der Waals surface area (Å²) >= 11 is 0. The van der Waals surface area contributed by atoms with E-state index in [0.29, 0.717) is 31.2 Å². The lowest BCUT2D eigenvalue weighted by molar-refractivity contribution is -0.119. The number of carbonyl (C=O) groups excluding carboxylic acids is 2. The number of carbonyl (C=O) groups is 2. The van der Waals surface area contributed by atoms with E-state index >= 15 is 0 Å². The number of fused-ring (bicyclic) bond motifs is 1. The van der Waals surface area contributed by atoms with Crippen LogP contribution >= 0.6 is 0 Å². The van der Waals surface area contributed by atoms with Gasteiger partial charge >= 0.3 is 5.97 Å². The molecule has 1 atom stereocenters. The lowest BCUT2D eigenvalue weighted by Gasteiger charge is -2.15. The number of phenolic OH excluding ortho intramolecular Hbond substituents is 1. The van der Waals surface area contributed by atoms with Gasteiger partial charge in [-0.2, -0.15) is 0 Å². The summed E-state index contributed by atoms with van der Waals surface area (Å²) in [5.41, 5.74) is 0.760. The van der Waals surface area contributed by atoms with Crippen molar-refractivity contribution in [2.45, 2.75) is 51.6 Å². The number of esters is 1. The van der Waals surface area contributed by atoms with Gasteiger partial charge in [0, 0.05) is 12.8 Å². The number of allylic oxidation sites excluding steroid dienone is 1. The molecule has 4 nitrogen and oxygen atoms in total. The normalized spacial score (nSPS) is 22.3. The van der Waals surface area contributed by atoms with Crippen LogP contribution in [0.5, 0.6) is 5.75 Å². The maximum absolute atomic E-state index is 12.3. The highest BCUT2D eigenvalue weighted by Crippen LogP contribution is 2.24. The van der Waals surface area contributed by atoms with Gasteiger partial charge in [-0.15, -0.1) is 0 Å². The van der Waals surface area contributed by atoms with Crippen molar-refractivity contribution in [3.05, 3.63) is 35.4 Å². The largest absolute Gasteiger partial charge is 0.507 e. The van der Waals surface area contributed by atoms with Gasteiger partial charge in [0.1, 0.15) is 17.1 Å². The zero-order valence-electron chi connectivity index (χ0n) is 12.8. The van der Waals surface area contributed by atoms with Gasteiger partial charge in [-0.3, -0.25) is 4.79 Å². The van der Waals surface area contributed by atoms with Crippen LogP contribution in [0.15, 0.2) is 18.2 Å². The zero-order valence-corrected chi connectivity index (χ0v) is 12.8. The number of rotatable bonds is 0. The molecule has 1 N–H and O–H groups in total. The summed E-state index contributed by atoms with van der Waals surface area (Å²) in [7, 11) is 0. The Bertz CT molecular complexity index is 574. The first-order valence-electron chi connectivity index (χ1n) is 7.70. The lowest BCUT2D eigenvalue weighted by atomic mass is 10.0. The molecule has 0 amide bonds. The average Bonchev–Trinajstić information content (AvgIpc) is 2.46. The number of hydrogen-bond donors (Lipinski definition) is 1. The van der Waals surface area contributed by atoms with E-state index < -0.39 is 5.97 Å². The third-order valence-corrected chi connectivity index (χ3v) is 3.71. The molecule has 0 aliphatic carbocycles. The van der Waals surface area contributed by atoms with E-state index in [9.17, 15) is 14.7 Å². The Labute approximate surface area is 130 Å². The van der Waals surface area contributed by atoms with Crippen molar-refractivity contribution in [3.63, 3.8) is 0 Å². The van der Waals surface area contributed by atoms with Crippen LogP contribution in [0.1, 0.15) is 61.4 Å². The van der Waals surface area contributed by atoms with E-state index in [1.54, 1.807) is 19.1 Å². The van der Waals surface area contributed by atoms with Gasteiger partial charge < -0.3 is 9.84 Å². The minimum absolute atomic E-state index is 0.123. The monoisotopic (exact) mass is 301 g/mol. The van der Waals surface area contributed by atoms with Gasteiger partial charge in [0.05, 0.1) is 6.10 Å². The number of cyclic esters (lactones) is 1. The Morgan fingerprint density at radius 1 is 1.23 bits per heavy atom. The molecular formula is C18H21O4. The van der Waals surface area contributed by atoms with Crippen molar-refractivity contribution in [3.8, 4) is 5.75 Å². The first kappa shape index (κ1) is 16.3. The first-order valence-corrected chi connectivity index (χ1v) is 7.70. The third-order valence-electron chi connectivity index (χ3n) is 3.71. The maximum Gasteiger partial charge on any atom is 0.342 e. The van der Waals surface area contributed by atoms with Crippen molar-refractivity contribution in [1.29, 1.82) is 0 Å². The fourth-order valence-corrected chi connectivity index (χ4v) is 2.50. The Balaban J connectivity index is 2.26. The molecule has 0 saturated heterocycles. The highest BCUT2D eigenvalue weighted by Gasteiger charge is 2.19. The van der Waals surface area contributed by atoms with Gasteiger partial charge in [-0.05, 0) is 56.4 Å². The third kappa shape index (κ3) is 4.45. The topological polar surface area (TPSA) is 63.6 Å². The fraction of sp³-hybridized carbons (Fsp3) is 0.444. The van der Waals surface area contributed by atoms with Crippen LogP contribution in [-0.2, 0) is 9.53 Å². The van der Waals surface area contributed by atoms with Gasteiger partial charge in [0.15, 0.2) is 0 Å². The van der Waals surface area contributed by atoms with Crippen LogP contribution in [0.4, 0.5) is 0 Å². The molecule has 1 aromatic rings. The van der Waals surface area contributed by atoms with Crippen LogP contribution in [0.25, 0.3) is 6.08 Å². The van der Waals surface area contributed by atoms with Crippen molar-refractivity contribution in [2.75, 3.05) is 0 Å². The molecule has 0 bridgehead atoms. The molecule has 0 fully saturated rings. The predicted molar refractivity (Wildman–Crippen MR) is 83.6 cm³/mol. The minimum Gasteiger partial charge on any atom is -0.507 e. The van der Waals surface area contributed by atoms with Crippen LogP contribution < -0.4 is 0 Å². The second kappa shape index (κ2) is 7.78. The number of benzene rings is 1. The van der Waals surface area contributed by atoms with Crippen molar-refractivity contribution in [2.24, 2.45) is 0 Å². The summed E-state index contributed by atoms with van der Waals surface area (Å²) in [5, 5.41) is 9.94. The van der Waals surface area contributed by atoms with Gasteiger partial charge in [-0.1, -0.05) is 12.2 Å². The summed E-state index contributed by atoms with van der Waals surface area (Å²) in [4.78, 5) is 24.0. The van der Waals surface area contributed by atoms with Crippen molar-refractivity contribution < 1.29 is 19.4 Å². The number of Topliss-reactive ketones (excluding diaryl/α,β-unsaturated/α-hetero) is 1. The SMILES string of the molecule is C[C@H]1CCCC(=O)CCC/C=C/c2c[c]cc(O)c2C(=O)O1.